The number of esters is 1. The zero-order valence-electron chi connectivity index (χ0n) is 15.5. The van der Waals surface area contributed by atoms with E-state index in [2.05, 4.69) is 5.32 Å². The van der Waals surface area contributed by atoms with Crippen molar-refractivity contribution in [2.75, 3.05) is 20.2 Å². The monoisotopic (exact) mass is 406 g/mol. The van der Waals surface area contributed by atoms with Crippen LogP contribution in [0, 0.1) is 12.7 Å². The number of nitrogens with zero attached hydrogens (tertiary/aromatic N) is 1. The number of amides is 2. The number of rotatable bonds is 7. The van der Waals surface area contributed by atoms with Crippen LogP contribution >= 0.6 is 11.6 Å². The summed E-state index contributed by atoms with van der Waals surface area (Å²) >= 11 is 5.93. The van der Waals surface area contributed by atoms with Gasteiger partial charge < -0.3 is 15.0 Å². The number of hydrogen-bond donors (Lipinski definition) is 1. The number of hydrogen-bond acceptors (Lipinski definition) is 4. The van der Waals surface area contributed by atoms with Gasteiger partial charge in [-0.2, -0.15) is 0 Å². The van der Waals surface area contributed by atoms with Crippen molar-refractivity contribution in [2.45, 2.75) is 13.5 Å². The van der Waals surface area contributed by atoms with E-state index in [1.165, 1.54) is 30.1 Å². The van der Waals surface area contributed by atoms with Gasteiger partial charge in [-0.15, -0.1) is 0 Å². The second-order valence-corrected chi connectivity index (χ2v) is 6.57. The van der Waals surface area contributed by atoms with Gasteiger partial charge in [-0.05, 0) is 31.2 Å². The summed E-state index contributed by atoms with van der Waals surface area (Å²) in [4.78, 5) is 36.9. The number of aryl methyl sites for hydroxylation is 1. The third kappa shape index (κ3) is 6.06. The van der Waals surface area contributed by atoms with Gasteiger partial charge in [-0.1, -0.05) is 35.4 Å². The number of benzene rings is 2. The molecule has 0 saturated carbocycles. The standard InChI is InChI=1S/C20H20ClFN2O4/c1-13-6-8-14(9-7-13)20(27)23-10-19(26)28-12-18(25)24(2)11-15-16(21)4-3-5-17(15)22/h3-9H,10-12H2,1-2H3,(H,23,27). The summed E-state index contributed by atoms with van der Waals surface area (Å²) in [5.74, 6) is -2.23. The SMILES string of the molecule is Cc1ccc(C(=O)NCC(=O)OCC(=O)N(C)Cc2c(F)cccc2Cl)cc1. The van der Waals surface area contributed by atoms with E-state index < -0.39 is 30.2 Å². The second kappa shape index (κ2) is 9.85. The lowest BCUT2D eigenvalue weighted by molar-refractivity contribution is -0.150. The normalized spacial score (nSPS) is 10.3. The van der Waals surface area contributed by atoms with Gasteiger partial charge in [0.05, 0.1) is 0 Å². The Balaban J connectivity index is 1.77. The summed E-state index contributed by atoms with van der Waals surface area (Å²) < 4.78 is 18.6. The molecule has 0 aliphatic rings. The maximum atomic E-state index is 13.8. The van der Waals surface area contributed by atoms with E-state index in [9.17, 15) is 18.8 Å². The van der Waals surface area contributed by atoms with Crippen LogP contribution < -0.4 is 5.32 Å². The van der Waals surface area contributed by atoms with Crippen molar-refractivity contribution in [1.82, 2.24) is 10.2 Å². The lowest BCUT2D eigenvalue weighted by Crippen LogP contribution is -2.34. The van der Waals surface area contributed by atoms with E-state index in [0.29, 0.717) is 5.56 Å². The van der Waals surface area contributed by atoms with E-state index in [1.54, 1.807) is 24.3 Å². The molecule has 2 aromatic rings. The molecule has 0 atom stereocenters. The molecule has 0 radical (unpaired) electrons. The van der Waals surface area contributed by atoms with Gasteiger partial charge in [-0.25, -0.2) is 4.39 Å². The summed E-state index contributed by atoms with van der Waals surface area (Å²) in [6.45, 7) is 0.934. The largest absolute Gasteiger partial charge is 0.454 e. The van der Waals surface area contributed by atoms with Gasteiger partial charge in [-0.3, -0.25) is 14.4 Å². The molecule has 0 aliphatic carbocycles. The molecule has 6 nitrogen and oxygen atoms in total. The molecule has 0 aromatic heterocycles. The fourth-order valence-corrected chi connectivity index (χ4v) is 2.49. The number of nitrogens with one attached hydrogen (secondary N) is 1. The maximum absolute atomic E-state index is 13.8. The minimum Gasteiger partial charge on any atom is -0.454 e. The predicted molar refractivity (Wildman–Crippen MR) is 102 cm³/mol. The highest BCUT2D eigenvalue weighted by atomic mass is 35.5. The van der Waals surface area contributed by atoms with E-state index in [-0.39, 0.29) is 23.7 Å². The van der Waals surface area contributed by atoms with Gasteiger partial charge in [0.2, 0.25) is 0 Å². The fraction of sp³-hybridized carbons (Fsp3) is 0.250. The van der Waals surface area contributed by atoms with Crippen LogP contribution in [0.4, 0.5) is 4.39 Å². The minimum absolute atomic E-state index is 0.0634. The molecule has 28 heavy (non-hydrogen) atoms. The highest BCUT2D eigenvalue weighted by Crippen LogP contribution is 2.20. The molecule has 2 amide bonds. The van der Waals surface area contributed by atoms with Crippen LogP contribution in [0.15, 0.2) is 42.5 Å². The molecule has 2 aromatic carbocycles. The quantitative estimate of drug-likeness (QED) is 0.717. The van der Waals surface area contributed by atoms with E-state index in [0.717, 1.165) is 5.56 Å². The van der Waals surface area contributed by atoms with Crippen molar-refractivity contribution in [2.24, 2.45) is 0 Å². The van der Waals surface area contributed by atoms with Crippen LogP contribution in [0.5, 0.6) is 0 Å². The van der Waals surface area contributed by atoms with Gasteiger partial charge in [0.1, 0.15) is 12.4 Å². The average molecular weight is 407 g/mol. The summed E-state index contributed by atoms with van der Waals surface area (Å²) in [6, 6.07) is 11.1. The molecule has 148 valence electrons. The summed E-state index contributed by atoms with van der Waals surface area (Å²) in [5, 5.41) is 2.62. The van der Waals surface area contributed by atoms with Crippen LogP contribution in [0.2, 0.25) is 5.02 Å². The van der Waals surface area contributed by atoms with Crippen LogP contribution in [-0.4, -0.2) is 42.9 Å². The molecular weight excluding hydrogens is 387 g/mol. The molecule has 2 rings (SSSR count). The second-order valence-electron chi connectivity index (χ2n) is 6.16. The molecule has 8 heteroatoms. The number of carbonyl (C=O) groups is 3. The first-order chi connectivity index (χ1) is 13.3. The Morgan fingerprint density at radius 1 is 1.14 bits per heavy atom. The Kier molecular flexibility index (Phi) is 7.52. The van der Waals surface area contributed by atoms with Crippen molar-refractivity contribution in [1.29, 1.82) is 0 Å². The predicted octanol–water partition coefficient (Wildman–Crippen LogP) is 2.72. The fourth-order valence-electron chi connectivity index (χ4n) is 2.27. The van der Waals surface area contributed by atoms with Crippen LogP contribution in [0.3, 0.4) is 0 Å². The van der Waals surface area contributed by atoms with Crippen molar-refractivity contribution in [3.8, 4) is 0 Å². The Morgan fingerprint density at radius 3 is 2.46 bits per heavy atom. The van der Waals surface area contributed by atoms with Crippen molar-refractivity contribution in [3.63, 3.8) is 0 Å². The third-order valence-electron chi connectivity index (χ3n) is 3.95. The Bertz CT molecular complexity index is 851. The summed E-state index contributed by atoms with van der Waals surface area (Å²) in [5.41, 5.74) is 1.60. The maximum Gasteiger partial charge on any atom is 0.325 e. The Hall–Kier alpha value is -2.93. The zero-order chi connectivity index (χ0) is 20.7. The van der Waals surface area contributed by atoms with Gasteiger partial charge >= 0.3 is 5.97 Å². The number of likely N-dealkylation sites (N-methyl/N-ethyl adjacent to an activating group) is 1. The molecule has 0 unspecified atom stereocenters. The van der Waals surface area contributed by atoms with Crippen LogP contribution in [-0.2, 0) is 20.9 Å². The number of carbonyl (C=O) groups excluding carboxylic acids is 3. The first kappa shape index (κ1) is 21.4. The molecule has 0 heterocycles. The van der Waals surface area contributed by atoms with E-state index in [4.69, 9.17) is 16.3 Å². The lowest BCUT2D eigenvalue weighted by Gasteiger charge is -2.18. The van der Waals surface area contributed by atoms with Gasteiger partial charge in [0.15, 0.2) is 6.61 Å². The number of halogens is 2. The van der Waals surface area contributed by atoms with Gasteiger partial charge in [0.25, 0.3) is 11.8 Å². The minimum atomic E-state index is -0.758. The van der Waals surface area contributed by atoms with Crippen molar-refractivity contribution in [3.05, 3.63) is 70.0 Å². The number of ether oxygens (including phenoxy) is 1. The molecule has 0 saturated heterocycles. The van der Waals surface area contributed by atoms with E-state index >= 15 is 0 Å². The topological polar surface area (TPSA) is 75.7 Å². The first-order valence-electron chi connectivity index (χ1n) is 8.45. The Morgan fingerprint density at radius 2 is 1.82 bits per heavy atom. The third-order valence-corrected chi connectivity index (χ3v) is 4.30. The molecule has 1 N–H and O–H groups in total. The van der Waals surface area contributed by atoms with Gasteiger partial charge in [0, 0.05) is 29.7 Å². The molecule has 0 fully saturated rings. The Labute approximate surface area is 167 Å². The van der Waals surface area contributed by atoms with Crippen LogP contribution in [0.25, 0.3) is 0 Å². The molecule has 0 spiro atoms. The summed E-state index contributed by atoms with van der Waals surface area (Å²) in [6.07, 6.45) is 0. The zero-order valence-corrected chi connectivity index (χ0v) is 16.3. The lowest BCUT2D eigenvalue weighted by atomic mass is 10.1. The van der Waals surface area contributed by atoms with Crippen LogP contribution in [0.1, 0.15) is 21.5 Å². The first-order valence-corrected chi connectivity index (χ1v) is 8.83. The molecule has 0 bridgehead atoms. The summed E-state index contributed by atoms with van der Waals surface area (Å²) in [7, 11) is 1.44. The smallest absolute Gasteiger partial charge is 0.325 e. The highest BCUT2D eigenvalue weighted by molar-refractivity contribution is 6.31. The van der Waals surface area contributed by atoms with Crippen molar-refractivity contribution < 1.29 is 23.5 Å². The highest BCUT2D eigenvalue weighted by Gasteiger charge is 2.16. The van der Waals surface area contributed by atoms with E-state index in [1.807, 2.05) is 6.92 Å². The van der Waals surface area contributed by atoms with Crippen molar-refractivity contribution >= 4 is 29.4 Å². The molecular formula is C20H20ClFN2O4. The average Bonchev–Trinajstić information content (AvgIpc) is 2.67. The molecule has 0 aliphatic heterocycles.